The van der Waals surface area contributed by atoms with Crippen molar-refractivity contribution in [2.24, 2.45) is 5.92 Å². The highest BCUT2D eigenvalue weighted by atomic mass is 19.1. The summed E-state index contributed by atoms with van der Waals surface area (Å²) in [6.45, 7) is 7.43. The van der Waals surface area contributed by atoms with Gasteiger partial charge in [-0.1, -0.05) is 32.0 Å². The van der Waals surface area contributed by atoms with E-state index in [0.717, 1.165) is 5.56 Å². The number of benzene rings is 1. The number of halogens is 1. The molecule has 1 atom stereocenters. The molecule has 1 aromatic rings. The minimum absolute atomic E-state index is 0.105. The normalized spacial score (nSPS) is 24.2. The van der Waals surface area contributed by atoms with Gasteiger partial charge >= 0.3 is 0 Å². The molecule has 0 radical (unpaired) electrons. The van der Waals surface area contributed by atoms with Crippen LogP contribution in [0.15, 0.2) is 24.3 Å². The Hall–Kier alpha value is -0.930. The maximum atomic E-state index is 13.6. The molecule has 0 saturated heterocycles. The van der Waals surface area contributed by atoms with Crippen LogP contribution in [0, 0.1) is 11.7 Å². The van der Waals surface area contributed by atoms with Crippen molar-refractivity contribution in [1.29, 1.82) is 0 Å². The second-order valence-electron chi connectivity index (χ2n) is 6.72. The molecule has 1 unspecified atom stereocenters. The van der Waals surface area contributed by atoms with Crippen molar-refractivity contribution in [2.75, 3.05) is 0 Å². The molecule has 118 valence electrons. The first-order valence-electron chi connectivity index (χ1n) is 8.29. The van der Waals surface area contributed by atoms with Gasteiger partial charge in [-0.15, -0.1) is 0 Å². The molecule has 3 heteroatoms. The van der Waals surface area contributed by atoms with Crippen LogP contribution in [0.1, 0.15) is 52.0 Å². The third-order valence-corrected chi connectivity index (χ3v) is 4.76. The van der Waals surface area contributed by atoms with Gasteiger partial charge in [0.15, 0.2) is 0 Å². The van der Waals surface area contributed by atoms with Gasteiger partial charge in [-0.2, -0.15) is 0 Å². The van der Waals surface area contributed by atoms with E-state index in [4.69, 9.17) is 0 Å². The highest BCUT2D eigenvalue weighted by Crippen LogP contribution is 2.20. The van der Waals surface area contributed by atoms with Gasteiger partial charge in [-0.25, -0.2) is 4.39 Å². The maximum absolute atomic E-state index is 13.6. The molecule has 0 bridgehead atoms. The Bertz CT molecular complexity index is 425. The molecule has 1 aliphatic carbocycles. The van der Waals surface area contributed by atoms with Gasteiger partial charge in [-0.05, 0) is 44.6 Å². The zero-order chi connectivity index (χ0) is 15.2. The second kappa shape index (κ2) is 7.90. The van der Waals surface area contributed by atoms with Crippen LogP contribution in [0.4, 0.5) is 4.39 Å². The Labute approximate surface area is 128 Å². The molecule has 2 rings (SSSR count). The summed E-state index contributed by atoms with van der Waals surface area (Å²) in [6, 6.07) is 8.79. The van der Waals surface area contributed by atoms with E-state index < -0.39 is 0 Å². The van der Waals surface area contributed by atoms with E-state index in [9.17, 15) is 4.39 Å². The lowest BCUT2D eigenvalue weighted by Gasteiger charge is -2.32. The molecule has 2 N–H and O–H groups in total. The third kappa shape index (κ3) is 5.08. The lowest BCUT2D eigenvalue weighted by molar-refractivity contribution is 0.272. The summed E-state index contributed by atoms with van der Waals surface area (Å²) in [6.07, 6.45) is 4.78. The molecule has 0 aliphatic heterocycles. The van der Waals surface area contributed by atoms with E-state index >= 15 is 0 Å². The van der Waals surface area contributed by atoms with E-state index in [0.29, 0.717) is 30.6 Å². The fourth-order valence-electron chi connectivity index (χ4n) is 2.92. The predicted molar refractivity (Wildman–Crippen MR) is 86.7 cm³/mol. The molecule has 1 aromatic carbocycles. The summed E-state index contributed by atoms with van der Waals surface area (Å²) in [4.78, 5) is 0. The molecule has 21 heavy (non-hydrogen) atoms. The zero-order valence-electron chi connectivity index (χ0n) is 13.5. The van der Waals surface area contributed by atoms with Crippen molar-refractivity contribution in [3.63, 3.8) is 0 Å². The van der Waals surface area contributed by atoms with E-state index in [1.165, 1.54) is 31.7 Å². The molecule has 1 fully saturated rings. The first kappa shape index (κ1) is 16.4. The van der Waals surface area contributed by atoms with Crippen LogP contribution in [-0.2, 0) is 6.54 Å². The summed E-state index contributed by atoms with van der Waals surface area (Å²) >= 11 is 0. The minimum atomic E-state index is -0.105. The number of hydrogen-bond acceptors (Lipinski definition) is 2. The van der Waals surface area contributed by atoms with Crippen molar-refractivity contribution in [3.8, 4) is 0 Å². The van der Waals surface area contributed by atoms with Gasteiger partial charge < -0.3 is 10.6 Å². The van der Waals surface area contributed by atoms with Crippen molar-refractivity contribution >= 4 is 0 Å². The first-order chi connectivity index (χ1) is 10.1. The quantitative estimate of drug-likeness (QED) is 0.832. The molecule has 0 amide bonds. The molecule has 2 nitrogen and oxygen atoms in total. The highest BCUT2D eigenvalue weighted by Gasteiger charge is 2.22. The summed E-state index contributed by atoms with van der Waals surface area (Å²) in [7, 11) is 0. The van der Waals surface area contributed by atoms with E-state index in [-0.39, 0.29) is 5.82 Å². The molecular formula is C18H29FN2. The fourth-order valence-corrected chi connectivity index (χ4v) is 2.92. The summed E-state index contributed by atoms with van der Waals surface area (Å²) in [5, 5.41) is 7.24. The third-order valence-electron chi connectivity index (χ3n) is 4.76. The van der Waals surface area contributed by atoms with E-state index in [1.807, 2.05) is 12.1 Å². The van der Waals surface area contributed by atoms with Crippen molar-refractivity contribution in [2.45, 2.75) is 71.1 Å². The molecule has 1 aliphatic rings. The molecular weight excluding hydrogens is 263 g/mol. The first-order valence-corrected chi connectivity index (χ1v) is 8.29. The summed E-state index contributed by atoms with van der Waals surface area (Å²) in [5.74, 6) is 0.577. The largest absolute Gasteiger partial charge is 0.311 e. The second-order valence-corrected chi connectivity index (χ2v) is 6.72. The van der Waals surface area contributed by atoms with Gasteiger partial charge in [-0.3, -0.25) is 0 Å². The fraction of sp³-hybridized carbons (Fsp3) is 0.667. The number of rotatable bonds is 6. The van der Waals surface area contributed by atoms with Crippen LogP contribution in [0.5, 0.6) is 0 Å². The molecule has 0 spiro atoms. The SMILES string of the molecule is CC(C)C(C)NC1CCC(NCc2ccccc2F)CC1. The summed E-state index contributed by atoms with van der Waals surface area (Å²) < 4.78 is 13.6. The number of nitrogens with one attached hydrogen (secondary N) is 2. The van der Waals surface area contributed by atoms with Crippen LogP contribution in [0.3, 0.4) is 0 Å². The molecule has 0 aromatic heterocycles. The zero-order valence-corrected chi connectivity index (χ0v) is 13.5. The van der Waals surface area contributed by atoms with Crippen LogP contribution in [-0.4, -0.2) is 18.1 Å². The van der Waals surface area contributed by atoms with Gasteiger partial charge in [0, 0.05) is 30.2 Å². The summed E-state index contributed by atoms with van der Waals surface area (Å²) in [5.41, 5.74) is 0.770. The average molecular weight is 292 g/mol. The van der Waals surface area contributed by atoms with Crippen LogP contribution in [0.25, 0.3) is 0 Å². The van der Waals surface area contributed by atoms with Gasteiger partial charge in [0.2, 0.25) is 0 Å². The average Bonchev–Trinajstić information content (AvgIpc) is 2.48. The monoisotopic (exact) mass is 292 g/mol. The topological polar surface area (TPSA) is 24.1 Å². The van der Waals surface area contributed by atoms with E-state index in [1.54, 1.807) is 6.07 Å². The Morgan fingerprint density at radius 3 is 2.29 bits per heavy atom. The van der Waals surface area contributed by atoms with Gasteiger partial charge in [0.25, 0.3) is 0 Å². The lowest BCUT2D eigenvalue weighted by atomic mass is 9.90. The smallest absolute Gasteiger partial charge is 0.127 e. The van der Waals surface area contributed by atoms with Crippen LogP contribution < -0.4 is 10.6 Å². The lowest BCUT2D eigenvalue weighted by Crippen LogP contribution is -2.44. The minimum Gasteiger partial charge on any atom is -0.311 e. The standard InChI is InChI=1S/C18H29FN2/c1-13(2)14(3)21-17-10-8-16(9-11-17)20-12-15-6-4-5-7-18(15)19/h4-7,13-14,16-17,20-21H,8-12H2,1-3H3. The Morgan fingerprint density at radius 2 is 1.67 bits per heavy atom. The van der Waals surface area contributed by atoms with Crippen molar-refractivity contribution in [1.82, 2.24) is 10.6 Å². The van der Waals surface area contributed by atoms with Gasteiger partial charge in [0.05, 0.1) is 0 Å². The Morgan fingerprint density at radius 1 is 1.05 bits per heavy atom. The highest BCUT2D eigenvalue weighted by molar-refractivity contribution is 5.17. The van der Waals surface area contributed by atoms with Crippen molar-refractivity contribution < 1.29 is 4.39 Å². The molecule has 1 saturated carbocycles. The van der Waals surface area contributed by atoms with E-state index in [2.05, 4.69) is 31.4 Å². The van der Waals surface area contributed by atoms with Crippen LogP contribution in [0.2, 0.25) is 0 Å². The Kier molecular flexibility index (Phi) is 6.19. The van der Waals surface area contributed by atoms with Crippen molar-refractivity contribution in [3.05, 3.63) is 35.6 Å². The predicted octanol–water partition coefficient (Wildman–Crippen LogP) is 3.86. The Balaban J connectivity index is 1.71. The maximum Gasteiger partial charge on any atom is 0.127 e. The van der Waals surface area contributed by atoms with Crippen LogP contribution >= 0.6 is 0 Å². The van der Waals surface area contributed by atoms with Gasteiger partial charge in [0.1, 0.15) is 5.82 Å². The molecule has 0 heterocycles. The number of hydrogen-bond donors (Lipinski definition) is 2.